The molecule has 2 saturated heterocycles. The molecule has 2 fully saturated rings. The molecule has 0 radical (unpaired) electrons. The third-order valence-corrected chi connectivity index (χ3v) is 7.36. The number of rotatable bonds is 8. The van der Waals surface area contributed by atoms with E-state index in [1.807, 2.05) is 0 Å². The molecule has 19 heteroatoms. The van der Waals surface area contributed by atoms with Crippen LogP contribution in [0.5, 0.6) is 0 Å². The molecule has 6 atom stereocenters. The highest BCUT2D eigenvalue weighted by molar-refractivity contribution is 7.61. The zero-order chi connectivity index (χ0) is 23.8. The van der Waals surface area contributed by atoms with Gasteiger partial charge in [0.25, 0.3) is 0 Å². The van der Waals surface area contributed by atoms with Crippen LogP contribution in [-0.4, -0.2) is 95.8 Å². The van der Waals surface area contributed by atoms with E-state index in [2.05, 4.69) is 19.3 Å². The van der Waals surface area contributed by atoms with Gasteiger partial charge in [-0.25, -0.2) is 24.1 Å². The van der Waals surface area contributed by atoms with Crippen LogP contribution in [0.3, 0.4) is 0 Å². The highest BCUT2D eigenvalue weighted by atomic mass is 31.3. The smallest absolute Gasteiger partial charge is 0.387 e. The molecule has 17 nitrogen and oxygen atoms in total. The number of phosphoric acid groups is 2. The van der Waals surface area contributed by atoms with Crippen molar-refractivity contribution in [3.63, 3.8) is 0 Å². The topological polar surface area (TPSA) is 234 Å². The number of ether oxygens (including phenoxy) is 2. The third-order valence-electron chi connectivity index (χ3n) is 4.80. The standard InChI is InChI=1S/C14H22N6O11P2/c15-12-9-13(17-6-16-12)20(7-18-9)14-11(22)10(21)8(29-14)5-28-32(23,24)31-33(25,26)30-19-1-3-27-4-2-19/h6-8,10-11,14,21-22H,1-5H2,(H,23,24)(H,25,26)(H2,15,16,17)/t8-,10-,11-,14-/m1/s1. The number of imidazole rings is 1. The molecule has 0 saturated carbocycles. The summed E-state index contributed by atoms with van der Waals surface area (Å²) in [5.41, 5.74) is 6.19. The number of aliphatic hydroxyl groups excluding tert-OH is 2. The van der Waals surface area contributed by atoms with Gasteiger partial charge in [0.05, 0.1) is 26.1 Å². The Bertz CT molecular complexity index is 1080. The number of aliphatic hydroxyl groups is 2. The van der Waals surface area contributed by atoms with Gasteiger partial charge in [-0.05, 0) is 0 Å². The summed E-state index contributed by atoms with van der Waals surface area (Å²) >= 11 is 0. The third kappa shape index (κ3) is 5.57. The summed E-state index contributed by atoms with van der Waals surface area (Å²) in [4.78, 5) is 31.4. The summed E-state index contributed by atoms with van der Waals surface area (Å²) < 4.78 is 49.8. The fourth-order valence-electron chi connectivity index (χ4n) is 3.26. The van der Waals surface area contributed by atoms with Gasteiger partial charge >= 0.3 is 15.6 Å². The molecule has 2 aliphatic heterocycles. The van der Waals surface area contributed by atoms with E-state index in [0.29, 0.717) is 0 Å². The van der Waals surface area contributed by atoms with E-state index < -0.39 is 46.8 Å². The van der Waals surface area contributed by atoms with E-state index in [4.69, 9.17) is 24.4 Å². The quantitative estimate of drug-likeness (QED) is 0.254. The van der Waals surface area contributed by atoms with Crippen LogP contribution in [0.25, 0.3) is 11.2 Å². The number of hydrogen-bond acceptors (Lipinski definition) is 14. The van der Waals surface area contributed by atoms with Gasteiger partial charge in [-0.15, -0.1) is 0 Å². The zero-order valence-electron chi connectivity index (χ0n) is 16.9. The van der Waals surface area contributed by atoms with Crippen LogP contribution in [0.2, 0.25) is 0 Å². The summed E-state index contributed by atoms with van der Waals surface area (Å²) in [6.45, 7) is -0.0163. The molecule has 0 aromatic carbocycles. The van der Waals surface area contributed by atoms with Gasteiger partial charge in [0.2, 0.25) is 0 Å². The summed E-state index contributed by atoms with van der Waals surface area (Å²) in [7, 11) is -10.1. The number of nitrogen functional groups attached to an aromatic ring is 1. The number of morpholine rings is 1. The molecular weight excluding hydrogens is 490 g/mol. The molecule has 0 bridgehead atoms. The SMILES string of the molecule is Nc1ncnc2c1ncn2[C@@H]1O[C@H](COP(=O)(O)OP(=O)(O)ON2CCOCC2)[C@@H](O)[C@H]1O. The van der Waals surface area contributed by atoms with Crippen molar-refractivity contribution in [2.75, 3.05) is 38.6 Å². The number of fused-ring (bicyclic) bond motifs is 1. The number of phosphoric ester groups is 1. The minimum absolute atomic E-state index is 0.0952. The van der Waals surface area contributed by atoms with Crippen molar-refractivity contribution < 1.29 is 52.1 Å². The van der Waals surface area contributed by atoms with Crippen molar-refractivity contribution in [1.29, 1.82) is 0 Å². The normalized spacial score (nSPS) is 30.3. The van der Waals surface area contributed by atoms with Gasteiger partial charge in [-0.2, -0.15) is 14.0 Å². The van der Waals surface area contributed by atoms with Crippen molar-refractivity contribution in [1.82, 2.24) is 24.6 Å². The molecule has 0 amide bonds. The van der Waals surface area contributed by atoms with Gasteiger partial charge in [0.1, 0.15) is 30.2 Å². The Morgan fingerprint density at radius 1 is 1.12 bits per heavy atom. The number of nitrogens with two attached hydrogens (primary N) is 1. The number of nitrogens with zero attached hydrogens (tertiary/aromatic N) is 5. The second-order valence-corrected chi connectivity index (χ2v) is 10.0. The minimum Gasteiger partial charge on any atom is -0.387 e. The van der Waals surface area contributed by atoms with Crippen LogP contribution in [0.15, 0.2) is 12.7 Å². The minimum atomic E-state index is -5.13. The molecule has 2 aromatic heterocycles. The van der Waals surface area contributed by atoms with E-state index in [9.17, 15) is 29.1 Å². The Labute approximate surface area is 185 Å². The van der Waals surface area contributed by atoms with E-state index >= 15 is 0 Å². The summed E-state index contributed by atoms with van der Waals surface area (Å²) in [5.74, 6) is 0.0952. The summed E-state index contributed by atoms with van der Waals surface area (Å²) in [5, 5.41) is 21.7. The molecule has 4 heterocycles. The lowest BCUT2D eigenvalue weighted by atomic mass is 10.1. The first-order valence-corrected chi connectivity index (χ1v) is 12.5. The molecule has 2 aliphatic rings. The molecule has 2 aromatic rings. The van der Waals surface area contributed by atoms with Gasteiger partial charge in [-0.3, -0.25) is 9.09 Å². The molecule has 4 rings (SSSR count). The van der Waals surface area contributed by atoms with Gasteiger partial charge in [0, 0.05) is 13.1 Å². The van der Waals surface area contributed by atoms with E-state index in [1.165, 1.54) is 17.2 Å². The van der Waals surface area contributed by atoms with E-state index in [1.54, 1.807) is 0 Å². The second-order valence-electron chi connectivity index (χ2n) is 7.07. The Morgan fingerprint density at radius 3 is 2.58 bits per heavy atom. The monoisotopic (exact) mass is 512 g/mol. The molecule has 33 heavy (non-hydrogen) atoms. The maximum Gasteiger partial charge on any atom is 0.497 e. The lowest BCUT2D eigenvalue weighted by Crippen LogP contribution is -2.35. The van der Waals surface area contributed by atoms with Crippen molar-refractivity contribution in [2.24, 2.45) is 0 Å². The fourth-order valence-corrected chi connectivity index (χ4v) is 5.41. The zero-order valence-corrected chi connectivity index (χ0v) is 18.6. The van der Waals surface area contributed by atoms with Crippen LogP contribution >= 0.6 is 15.6 Å². The van der Waals surface area contributed by atoms with Crippen molar-refractivity contribution in [3.8, 4) is 0 Å². The Balaban J connectivity index is 1.38. The highest BCUT2D eigenvalue weighted by Gasteiger charge is 2.46. The van der Waals surface area contributed by atoms with Crippen LogP contribution in [0.1, 0.15) is 6.23 Å². The van der Waals surface area contributed by atoms with Gasteiger partial charge in [-0.1, -0.05) is 0 Å². The Hall–Kier alpha value is -1.59. The van der Waals surface area contributed by atoms with Crippen LogP contribution in [-0.2, 0) is 32.1 Å². The number of anilines is 1. The first-order valence-electron chi connectivity index (χ1n) is 9.55. The Kier molecular flexibility index (Phi) is 7.12. The lowest BCUT2D eigenvalue weighted by molar-refractivity contribution is -0.132. The Morgan fingerprint density at radius 2 is 1.85 bits per heavy atom. The molecular formula is C14H22N6O11P2. The predicted molar refractivity (Wildman–Crippen MR) is 106 cm³/mol. The fraction of sp³-hybridized carbons (Fsp3) is 0.643. The number of hydroxylamine groups is 2. The molecule has 0 aliphatic carbocycles. The predicted octanol–water partition coefficient (Wildman–Crippen LogP) is -1.47. The first kappa shape index (κ1) is 24.5. The second kappa shape index (κ2) is 9.58. The average Bonchev–Trinajstić information content (AvgIpc) is 3.29. The average molecular weight is 512 g/mol. The van der Waals surface area contributed by atoms with Crippen molar-refractivity contribution >= 4 is 32.6 Å². The van der Waals surface area contributed by atoms with E-state index in [0.717, 1.165) is 5.06 Å². The highest BCUT2D eigenvalue weighted by Crippen LogP contribution is 2.61. The van der Waals surface area contributed by atoms with Gasteiger partial charge < -0.3 is 35.2 Å². The number of hydrogen-bond donors (Lipinski definition) is 5. The summed E-state index contributed by atoms with van der Waals surface area (Å²) in [6.07, 6.45) is -3.12. The van der Waals surface area contributed by atoms with Crippen molar-refractivity contribution in [3.05, 3.63) is 12.7 Å². The first-order chi connectivity index (χ1) is 15.6. The lowest BCUT2D eigenvalue weighted by Gasteiger charge is -2.27. The molecule has 6 N–H and O–H groups in total. The molecule has 2 unspecified atom stereocenters. The van der Waals surface area contributed by atoms with Crippen LogP contribution < -0.4 is 5.73 Å². The van der Waals surface area contributed by atoms with Crippen molar-refractivity contribution in [2.45, 2.75) is 24.5 Å². The largest absolute Gasteiger partial charge is 0.497 e. The van der Waals surface area contributed by atoms with Gasteiger partial charge in [0.15, 0.2) is 17.7 Å². The molecule has 184 valence electrons. The molecule has 0 spiro atoms. The van der Waals surface area contributed by atoms with E-state index in [-0.39, 0.29) is 43.3 Å². The van der Waals surface area contributed by atoms with Crippen LogP contribution in [0.4, 0.5) is 5.82 Å². The summed E-state index contributed by atoms with van der Waals surface area (Å²) in [6, 6.07) is 0. The van der Waals surface area contributed by atoms with Crippen LogP contribution in [0, 0.1) is 0 Å². The maximum atomic E-state index is 12.1. The maximum absolute atomic E-state index is 12.1. The number of aromatic nitrogens is 4.